The van der Waals surface area contributed by atoms with E-state index < -0.39 is 38.0 Å². The molecule has 10 heteroatoms. The molecule has 0 amide bonds. The summed E-state index contributed by atoms with van der Waals surface area (Å²) in [6.45, 7) is 3.04. The van der Waals surface area contributed by atoms with Crippen molar-refractivity contribution in [3.05, 3.63) is 77.9 Å². The molecule has 0 spiro atoms. The van der Waals surface area contributed by atoms with Crippen molar-refractivity contribution in [2.45, 2.75) is 30.5 Å². The maximum absolute atomic E-state index is 13.4. The molecule has 170 valence electrons. The van der Waals surface area contributed by atoms with Crippen LogP contribution < -0.4 is 9.46 Å². The van der Waals surface area contributed by atoms with E-state index in [9.17, 15) is 26.0 Å². The first-order chi connectivity index (χ1) is 14.8. The third kappa shape index (κ3) is 4.91. The number of halogens is 4. The van der Waals surface area contributed by atoms with Gasteiger partial charge in [-0.25, -0.2) is 17.5 Å². The predicted molar refractivity (Wildman–Crippen MR) is 111 cm³/mol. The van der Waals surface area contributed by atoms with Gasteiger partial charge in [0.1, 0.15) is 11.6 Å². The summed E-state index contributed by atoms with van der Waals surface area (Å²) in [5.41, 5.74) is -0.969. The number of rotatable bonds is 6. The molecule has 1 heterocycles. The number of hydrogen-bond donors (Lipinski definition) is 1. The highest BCUT2D eigenvalue weighted by molar-refractivity contribution is 7.89. The van der Waals surface area contributed by atoms with Gasteiger partial charge in [0.05, 0.1) is 29.3 Å². The van der Waals surface area contributed by atoms with Gasteiger partial charge in [-0.05, 0) is 55.3 Å². The van der Waals surface area contributed by atoms with E-state index in [0.29, 0.717) is 34.6 Å². The average Bonchev–Trinajstić information content (AvgIpc) is 2.72. The molecule has 0 radical (unpaired) electrons. The van der Waals surface area contributed by atoms with Gasteiger partial charge in [-0.2, -0.15) is 13.2 Å². The van der Waals surface area contributed by atoms with E-state index in [-0.39, 0.29) is 6.07 Å². The van der Waals surface area contributed by atoms with Crippen LogP contribution in [-0.4, -0.2) is 20.5 Å². The average molecular weight is 468 g/mol. The van der Waals surface area contributed by atoms with Crippen LogP contribution in [0, 0.1) is 5.82 Å². The Labute approximate surface area is 183 Å². The van der Waals surface area contributed by atoms with Crippen molar-refractivity contribution in [3.8, 4) is 16.9 Å². The predicted octanol–water partition coefficient (Wildman–Crippen LogP) is 5.13. The third-order valence-corrected chi connectivity index (χ3v) is 6.54. The number of alkyl halides is 3. The molecular weight excluding hydrogens is 448 g/mol. The van der Waals surface area contributed by atoms with Crippen LogP contribution in [0.1, 0.15) is 25.0 Å². The van der Waals surface area contributed by atoms with Crippen molar-refractivity contribution in [2.75, 3.05) is 7.11 Å². The lowest BCUT2D eigenvalue weighted by atomic mass is 9.92. The maximum atomic E-state index is 13.4. The molecule has 2 aromatic carbocycles. The normalized spacial score (nSPS) is 12.6. The second-order valence-electron chi connectivity index (χ2n) is 7.53. The lowest BCUT2D eigenvalue weighted by molar-refractivity contribution is -0.140. The van der Waals surface area contributed by atoms with Gasteiger partial charge in [0.2, 0.25) is 10.0 Å². The summed E-state index contributed by atoms with van der Waals surface area (Å²) in [5, 5.41) is 0. The van der Waals surface area contributed by atoms with Crippen LogP contribution in [-0.2, 0) is 21.7 Å². The number of nitrogens with one attached hydrogen (secondary N) is 1. The first-order valence-electron chi connectivity index (χ1n) is 9.35. The highest BCUT2D eigenvalue weighted by Gasteiger charge is 2.39. The van der Waals surface area contributed by atoms with Crippen molar-refractivity contribution in [3.63, 3.8) is 0 Å². The lowest BCUT2D eigenvalue weighted by Gasteiger charge is -2.28. The van der Waals surface area contributed by atoms with E-state index >= 15 is 0 Å². The molecule has 0 aliphatic rings. The Balaban J connectivity index is 2.02. The van der Waals surface area contributed by atoms with E-state index in [1.807, 2.05) is 0 Å². The molecule has 1 N–H and O–H groups in total. The van der Waals surface area contributed by atoms with Gasteiger partial charge >= 0.3 is 6.18 Å². The van der Waals surface area contributed by atoms with Gasteiger partial charge in [-0.15, -0.1) is 0 Å². The van der Waals surface area contributed by atoms with Gasteiger partial charge in [0, 0.05) is 11.8 Å². The van der Waals surface area contributed by atoms with E-state index in [4.69, 9.17) is 4.74 Å². The van der Waals surface area contributed by atoms with Crippen LogP contribution in [0.3, 0.4) is 0 Å². The fraction of sp³-hybridized carbons (Fsp3) is 0.227. The molecule has 0 bridgehead atoms. The zero-order valence-corrected chi connectivity index (χ0v) is 18.2. The highest BCUT2D eigenvalue weighted by atomic mass is 32.2. The van der Waals surface area contributed by atoms with Crippen molar-refractivity contribution >= 4 is 10.0 Å². The first kappa shape index (κ1) is 23.7. The fourth-order valence-corrected chi connectivity index (χ4v) is 4.88. The minimum atomic E-state index is -5.05. The van der Waals surface area contributed by atoms with E-state index in [2.05, 4.69) is 9.71 Å². The summed E-state index contributed by atoms with van der Waals surface area (Å²) in [4.78, 5) is 2.94. The Bertz CT molecular complexity index is 1240. The van der Waals surface area contributed by atoms with Gasteiger partial charge in [-0.1, -0.05) is 18.2 Å². The number of ether oxygens (including phenoxy) is 1. The molecule has 0 saturated carbocycles. The molecule has 1 aromatic heterocycles. The number of sulfonamides is 1. The number of nitrogens with zero attached hydrogens (tertiary/aromatic N) is 1. The Morgan fingerprint density at radius 2 is 1.75 bits per heavy atom. The monoisotopic (exact) mass is 468 g/mol. The molecule has 0 fully saturated rings. The Morgan fingerprint density at radius 3 is 2.41 bits per heavy atom. The van der Waals surface area contributed by atoms with Gasteiger partial charge in [-0.3, -0.25) is 4.98 Å². The van der Waals surface area contributed by atoms with Crippen LogP contribution in [0.2, 0.25) is 0 Å². The lowest BCUT2D eigenvalue weighted by Crippen LogP contribution is -2.41. The molecular formula is C22H20F4N2O3S. The fourth-order valence-electron chi connectivity index (χ4n) is 3.26. The number of methoxy groups -OCH3 is 1. The van der Waals surface area contributed by atoms with Crippen molar-refractivity contribution < 1.29 is 30.7 Å². The Hall–Kier alpha value is -2.98. The van der Waals surface area contributed by atoms with Gasteiger partial charge < -0.3 is 4.74 Å². The summed E-state index contributed by atoms with van der Waals surface area (Å²) < 4.78 is 86.9. The molecule has 0 aliphatic carbocycles. The molecule has 0 saturated heterocycles. The molecule has 3 aromatic rings. The largest absolute Gasteiger partial charge is 0.494 e. The number of aromatic nitrogens is 1. The summed E-state index contributed by atoms with van der Waals surface area (Å²) in [6, 6.07) is 10.0. The summed E-state index contributed by atoms with van der Waals surface area (Å²) in [7, 11) is -3.17. The quantitative estimate of drug-likeness (QED) is 0.510. The van der Waals surface area contributed by atoms with Crippen LogP contribution in [0.15, 0.2) is 65.8 Å². The van der Waals surface area contributed by atoms with E-state index in [1.165, 1.54) is 27.2 Å². The minimum Gasteiger partial charge on any atom is -0.494 e. The van der Waals surface area contributed by atoms with Crippen LogP contribution in [0.25, 0.3) is 11.1 Å². The minimum absolute atomic E-state index is 0.165. The van der Waals surface area contributed by atoms with Gasteiger partial charge in [0.15, 0.2) is 0 Å². The summed E-state index contributed by atoms with van der Waals surface area (Å²) in [5.74, 6) is -0.682. The van der Waals surface area contributed by atoms with Crippen LogP contribution >= 0.6 is 0 Å². The van der Waals surface area contributed by atoms with Crippen molar-refractivity contribution in [1.82, 2.24) is 9.71 Å². The molecule has 3 rings (SSSR count). The second kappa shape index (κ2) is 8.51. The first-order valence-corrected chi connectivity index (χ1v) is 10.8. The zero-order valence-electron chi connectivity index (χ0n) is 17.4. The molecule has 0 aliphatic heterocycles. The standard InChI is InChI=1S/C22H20F4N2O3S/c1-21(2,15-6-4-5-14(11-15)17-9-10-27-13-19(17)31-3)28-32(29,30)20-8-7-16(23)12-18(20)22(24,25)26/h4-13,28H,1-3H3. The zero-order chi connectivity index (χ0) is 23.7. The van der Waals surface area contributed by atoms with Crippen molar-refractivity contribution in [1.29, 1.82) is 0 Å². The van der Waals surface area contributed by atoms with Crippen LogP contribution in [0.4, 0.5) is 17.6 Å². The van der Waals surface area contributed by atoms with E-state index in [0.717, 1.165) is 0 Å². The molecule has 32 heavy (non-hydrogen) atoms. The number of hydrogen-bond acceptors (Lipinski definition) is 4. The number of pyridine rings is 1. The molecule has 0 unspecified atom stereocenters. The number of benzene rings is 2. The van der Waals surface area contributed by atoms with E-state index in [1.54, 1.807) is 36.5 Å². The maximum Gasteiger partial charge on any atom is 0.417 e. The highest BCUT2D eigenvalue weighted by Crippen LogP contribution is 2.36. The molecule has 0 atom stereocenters. The third-order valence-electron chi connectivity index (χ3n) is 4.83. The van der Waals surface area contributed by atoms with Gasteiger partial charge in [0.25, 0.3) is 0 Å². The summed E-state index contributed by atoms with van der Waals surface area (Å²) >= 11 is 0. The van der Waals surface area contributed by atoms with Crippen LogP contribution in [0.5, 0.6) is 5.75 Å². The second-order valence-corrected chi connectivity index (χ2v) is 9.18. The van der Waals surface area contributed by atoms with Crippen molar-refractivity contribution in [2.24, 2.45) is 0 Å². The Kier molecular flexibility index (Phi) is 6.30. The smallest absolute Gasteiger partial charge is 0.417 e. The topological polar surface area (TPSA) is 68.3 Å². The molecule has 5 nitrogen and oxygen atoms in total. The summed E-state index contributed by atoms with van der Waals surface area (Å²) in [6.07, 6.45) is -1.94. The SMILES string of the molecule is COc1cnccc1-c1cccc(C(C)(C)NS(=O)(=O)c2ccc(F)cc2C(F)(F)F)c1. The Morgan fingerprint density at radius 1 is 1.03 bits per heavy atom.